The molecule has 1 unspecified atom stereocenters. The smallest absolute Gasteiger partial charge is 0.122 e. The number of hydrogen-bond acceptors (Lipinski definition) is 3. The maximum atomic E-state index is 5.86. The minimum absolute atomic E-state index is 0.234. The van der Waals surface area contributed by atoms with Gasteiger partial charge in [0.25, 0.3) is 0 Å². The van der Waals surface area contributed by atoms with Gasteiger partial charge in [-0.3, -0.25) is 4.90 Å². The molecular formula is C12H20N2O. The van der Waals surface area contributed by atoms with Crippen LogP contribution in [0.3, 0.4) is 0 Å². The predicted molar refractivity (Wildman–Crippen MR) is 60.5 cm³/mol. The fourth-order valence-corrected chi connectivity index (χ4v) is 2.58. The molecular weight excluding hydrogens is 188 g/mol. The van der Waals surface area contributed by atoms with Gasteiger partial charge < -0.3 is 10.2 Å². The first-order valence-corrected chi connectivity index (χ1v) is 5.65. The standard InChI is InChI=1S/C12H20N2O/c1-12(2)6-4-7-14(12)10(9-13)11-5-3-8-15-11/h3,5,8,10H,4,6-7,9,13H2,1-2H3. The first-order valence-electron chi connectivity index (χ1n) is 5.65. The minimum atomic E-state index is 0.234. The lowest BCUT2D eigenvalue weighted by Crippen LogP contribution is -2.43. The van der Waals surface area contributed by atoms with Gasteiger partial charge in [-0.25, -0.2) is 0 Å². The van der Waals surface area contributed by atoms with Crippen LogP contribution in [0.1, 0.15) is 38.5 Å². The van der Waals surface area contributed by atoms with E-state index >= 15 is 0 Å². The molecule has 15 heavy (non-hydrogen) atoms. The van der Waals surface area contributed by atoms with Crippen molar-refractivity contribution in [1.82, 2.24) is 4.90 Å². The lowest BCUT2D eigenvalue weighted by molar-refractivity contribution is 0.105. The molecule has 1 aliphatic heterocycles. The Labute approximate surface area is 91.2 Å². The summed E-state index contributed by atoms with van der Waals surface area (Å²) in [6, 6.07) is 4.19. The molecule has 2 rings (SSSR count). The van der Waals surface area contributed by atoms with Crippen LogP contribution in [0, 0.1) is 0 Å². The van der Waals surface area contributed by atoms with Crippen molar-refractivity contribution >= 4 is 0 Å². The van der Waals surface area contributed by atoms with Crippen LogP contribution in [-0.4, -0.2) is 23.5 Å². The monoisotopic (exact) mass is 208 g/mol. The van der Waals surface area contributed by atoms with Crippen molar-refractivity contribution in [3.05, 3.63) is 24.2 Å². The fraction of sp³-hybridized carbons (Fsp3) is 0.667. The number of furan rings is 1. The molecule has 84 valence electrons. The molecule has 0 spiro atoms. The van der Waals surface area contributed by atoms with Gasteiger partial charge in [-0.15, -0.1) is 0 Å². The van der Waals surface area contributed by atoms with Crippen LogP contribution in [0.2, 0.25) is 0 Å². The fourth-order valence-electron chi connectivity index (χ4n) is 2.58. The van der Waals surface area contributed by atoms with Crippen molar-refractivity contribution in [2.75, 3.05) is 13.1 Å². The average Bonchev–Trinajstić information content (AvgIpc) is 2.78. The second kappa shape index (κ2) is 3.99. The summed E-state index contributed by atoms with van der Waals surface area (Å²) in [5.41, 5.74) is 6.11. The Balaban J connectivity index is 2.20. The highest BCUT2D eigenvalue weighted by molar-refractivity contribution is 5.08. The Morgan fingerprint density at radius 1 is 1.60 bits per heavy atom. The highest BCUT2D eigenvalue weighted by Gasteiger charge is 2.37. The van der Waals surface area contributed by atoms with Crippen LogP contribution in [0.15, 0.2) is 22.8 Å². The normalized spacial score (nSPS) is 23.1. The van der Waals surface area contributed by atoms with Gasteiger partial charge >= 0.3 is 0 Å². The van der Waals surface area contributed by atoms with E-state index < -0.39 is 0 Å². The van der Waals surface area contributed by atoms with Crippen molar-refractivity contribution in [3.63, 3.8) is 0 Å². The van der Waals surface area contributed by atoms with E-state index in [1.54, 1.807) is 6.26 Å². The second-order valence-electron chi connectivity index (χ2n) is 4.88. The van der Waals surface area contributed by atoms with E-state index in [4.69, 9.17) is 10.2 Å². The van der Waals surface area contributed by atoms with Gasteiger partial charge in [0.1, 0.15) is 5.76 Å². The van der Waals surface area contributed by atoms with E-state index in [0.717, 1.165) is 12.3 Å². The zero-order chi connectivity index (χ0) is 10.9. The predicted octanol–water partition coefficient (Wildman–Crippen LogP) is 2.15. The number of nitrogens with zero attached hydrogens (tertiary/aromatic N) is 1. The van der Waals surface area contributed by atoms with E-state index in [1.807, 2.05) is 12.1 Å². The van der Waals surface area contributed by atoms with Crippen LogP contribution >= 0.6 is 0 Å². The molecule has 1 aliphatic rings. The maximum Gasteiger partial charge on any atom is 0.122 e. The summed E-state index contributed by atoms with van der Waals surface area (Å²) in [5, 5.41) is 0. The Kier molecular flexibility index (Phi) is 2.85. The first kappa shape index (κ1) is 10.7. The van der Waals surface area contributed by atoms with Gasteiger partial charge in [-0.05, 0) is 45.4 Å². The lowest BCUT2D eigenvalue weighted by atomic mass is 10.00. The zero-order valence-electron chi connectivity index (χ0n) is 9.57. The van der Waals surface area contributed by atoms with Crippen molar-refractivity contribution in [2.45, 2.75) is 38.3 Å². The quantitative estimate of drug-likeness (QED) is 0.827. The Morgan fingerprint density at radius 2 is 2.40 bits per heavy atom. The molecule has 0 aliphatic carbocycles. The van der Waals surface area contributed by atoms with Gasteiger partial charge in [-0.1, -0.05) is 0 Å². The third kappa shape index (κ3) is 1.94. The number of nitrogens with two attached hydrogens (primary N) is 1. The van der Waals surface area contributed by atoms with E-state index in [-0.39, 0.29) is 11.6 Å². The SMILES string of the molecule is CC1(C)CCCN1C(CN)c1ccco1. The molecule has 0 saturated carbocycles. The molecule has 0 aromatic carbocycles. The largest absolute Gasteiger partial charge is 0.468 e. The molecule has 1 fully saturated rings. The Morgan fingerprint density at radius 3 is 2.87 bits per heavy atom. The molecule has 0 radical (unpaired) electrons. The molecule has 1 aromatic rings. The van der Waals surface area contributed by atoms with Gasteiger partial charge in [0.15, 0.2) is 0 Å². The molecule has 3 nitrogen and oxygen atoms in total. The summed E-state index contributed by atoms with van der Waals surface area (Å²) in [7, 11) is 0. The minimum Gasteiger partial charge on any atom is -0.468 e. The summed E-state index contributed by atoms with van der Waals surface area (Å²) < 4.78 is 5.47. The number of rotatable bonds is 3. The van der Waals surface area contributed by atoms with Gasteiger partial charge in [-0.2, -0.15) is 0 Å². The van der Waals surface area contributed by atoms with Crippen LogP contribution < -0.4 is 5.73 Å². The van der Waals surface area contributed by atoms with Crippen LogP contribution in [-0.2, 0) is 0 Å². The third-order valence-electron chi connectivity index (χ3n) is 3.44. The zero-order valence-corrected chi connectivity index (χ0v) is 9.57. The van der Waals surface area contributed by atoms with Crippen LogP contribution in [0.25, 0.3) is 0 Å². The molecule has 1 atom stereocenters. The summed E-state index contributed by atoms with van der Waals surface area (Å²) in [4.78, 5) is 2.46. The lowest BCUT2D eigenvalue weighted by Gasteiger charge is -2.36. The molecule has 0 amide bonds. The van der Waals surface area contributed by atoms with E-state index in [9.17, 15) is 0 Å². The second-order valence-corrected chi connectivity index (χ2v) is 4.88. The van der Waals surface area contributed by atoms with Crippen LogP contribution in [0.4, 0.5) is 0 Å². The van der Waals surface area contributed by atoms with E-state index in [2.05, 4.69) is 18.7 Å². The topological polar surface area (TPSA) is 42.4 Å². The number of likely N-dealkylation sites (tertiary alicyclic amines) is 1. The van der Waals surface area contributed by atoms with Crippen molar-refractivity contribution in [2.24, 2.45) is 5.73 Å². The summed E-state index contributed by atoms with van der Waals surface area (Å²) in [6.07, 6.45) is 4.22. The highest BCUT2D eigenvalue weighted by atomic mass is 16.3. The van der Waals surface area contributed by atoms with Gasteiger partial charge in [0.05, 0.1) is 12.3 Å². The summed E-state index contributed by atoms with van der Waals surface area (Å²) in [5.74, 6) is 0.993. The molecule has 0 bridgehead atoms. The van der Waals surface area contributed by atoms with Gasteiger partial charge in [0.2, 0.25) is 0 Å². The Hall–Kier alpha value is -0.800. The summed E-state index contributed by atoms with van der Waals surface area (Å²) >= 11 is 0. The highest BCUT2D eigenvalue weighted by Crippen LogP contribution is 2.35. The average molecular weight is 208 g/mol. The number of hydrogen-bond donors (Lipinski definition) is 1. The van der Waals surface area contributed by atoms with E-state index in [1.165, 1.54) is 12.8 Å². The molecule has 1 saturated heterocycles. The maximum absolute atomic E-state index is 5.86. The van der Waals surface area contributed by atoms with Crippen LogP contribution in [0.5, 0.6) is 0 Å². The van der Waals surface area contributed by atoms with E-state index in [0.29, 0.717) is 6.54 Å². The summed E-state index contributed by atoms with van der Waals surface area (Å²) in [6.45, 7) is 6.31. The van der Waals surface area contributed by atoms with Crippen molar-refractivity contribution in [3.8, 4) is 0 Å². The Bertz CT molecular complexity index is 305. The molecule has 1 aromatic heterocycles. The third-order valence-corrected chi connectivity index (χ3v) is 3.44. The molecule has 2 N–H and O–H groups in total. The molecule has 2 heterocycles. The van der Waals surface area contributed by atoms with Crippen molar-refractivity contribution < 1.29 is 4.42 Å². The molecule has 3 heteroatoms. The van der Waals surface area contributed by atoms with Crippen molar-refractivity contribution in [1.29, 1.82) is 0 Å². The first-order chi connectivity index (χ1) is 7.15. The van der Waals surface area contributed by atoms with Gasteiger partial charge in [0, 0.05) is 12.1 Å².